The van der Waals surface area contributed by atoms with Gasteiger partial charge in [0, 0.05) is 26.0 Å². The molecule has 1 aliphatic carbocycles. The first-order chi connectivity index (χ1) is 16.7. The maximum atomic E-state index is 12.7. The number of carbonyl (C=O) groups excluding carboxylic acids is 2. The quantitative estimate of drug-likeness (QED) is 0.447. The highest BCUT2D eigenvalue weighted by Gasteiger charge is 2.31. The molecule has 0 heterocycles. The number of carboxylic acid groups (broad SMARTS) is 1. The molecule has 2 amide bonds. The molecule has 8 heteroatoms. The Hall–Kier alpha value is -3.39. The number of amides is 2. The van der Waals surface area contributed by atoms with Crippen LogP contribution < -0.4 is 10.6 Å². The molecule has 1 aliphatic rings. The number of aliphatic carboxylic acids is 1. The van der Waals surface area contributed by atoms with Gasteiger partial charge in [0.05, 0.1) is 11.5 Å². The third-order valence-electron chi connectivity index (χ3n) is 6.56. The average Bonchev–Trinajstić information content (AvgIpc) is 3.16. The lowest BCUT2D eigenvalue weighted by atomic mass is 9.97. The summed E-state index contributed by atoms with van der Waals surface area (Å²) in [6.45, 7) is 5.53. The summed E-state index contributed by atoms with van der Waals surface area (Å²) in [6.07, 6.45) is -0.0792. The van der Waals surface area contributed by atoms with E-state index in [0.29, 0.717) is 6.42 Å². The molecule has 0 aromatic heterocycles. The summed E-state index contributed by atoms with van der Waals surface area (Å²) in [7, 11) is 1.49. The molecule has 0 spiro atoms. The summed E-state index contributed by atoms with van der Waals surface area (Å²) in [6, 6.07) is 15.1. The second-order valence-corrected chi connectivity index (χ2v) is 9.38. The van der Waals surface area contributed by atoms with Crippen LogP contribution in [0, 0.1) is 5.92 Å². The van der Waals surface area contributed by atoms with Crippen LogP contribution in [-0.2, 0) is 19.1 Å². The van der Waals surface area contributed by atoms with E-state index < -0.39 is 35.5 Å². The van der Waals surface area contributed by atoms with Crippen LogP contribution >= 0.6 is 0 Å². The molecule has 2 atom stereocenters. The topological polar surface area (TPSA) is 114 Å². The third-order valence-corrected chi connectivity index (χ3v) is 6.56. The number of hydrogen-bond acceptors (Lipinski definition) is 5. The van der Waals surface area contributed by atoms with E-state index in [-0.39, 0.29) is 25.5 Å². The Labute approximate surface area is 206 Å². The second-order valence-electron chi connectivity index (χ2n) is 9.38. The molecule has 3 N–H and O–H groups in total. The van der Waals surface area contributed by atoms with Gasteiger partial charge in [-0.25, -0.2) is 9.59 Å². The summed E-state index contributed by atoms with van der Waals surface area (Å²) in [5.41, 5.74) is 3.81. The molecule has 2 aromatic rings. The zero-order valence-electron chi connectivity index (χ0n) is 20.7. The first-order valence-corrected chi connectivity index (χ1v) is 11.8. The Balaban J connectivity index is 1.55. The zero-order valence-corrected chi connectivity index (χ0v) is 20.7. The Bertz CT molecular complexity index is 1020. The monoisotopic (exact) mass is 482 g/mol. The van der Waals surface area contributed by atoms with E-state index in [9.17, 15) is 19.5 Å². The average molecular weight is 483 g/mol. The van der Waals surface area contributed by atoms with Gasteiger partial charge in [-0.05, 0) is 42.5 Å². The SMILES string of the molecule is CCC(CNC(=O)OCC1c2ccccc2-c2ccccc21)C(=O)NC(CC(C)(C)OC)C(=O)O. The summed E-state index contributed by atoms with van der Waals surface area (Å²) in [5.74, 6) is -2.23. The predicted molar refractivity (Wildman–Crippen MR) is 132 cm³/mol. The van der Waals surface area contributed by atoms with E-state index in [0.717, 1.165) is 22.3 Å². The van der Waals surface area contributed by atoms with Gasteiger partial charge in [0.25, 0.3) is 0 Å². The van der Waals surface area contributed by atoms with Crippen LogP contribution in [0.1, 0.15) is 50.7 Å². The maximum absolute atomic E-state index is 12.7. The smallest absolute Gasteiger partial charge is 0.407 e. The van der Waals surface area contributed by atoms with Crippen molar-refractivity contribution in [1.82, 2.24) is 10.6 Å². The number of ether oxygens (including phenoxy) is 2. The summed E-state index contributed by atoms with van der Waals surface area (Å²) in [5, 5.41) is 14.7. The van der Waals surface area contributed by atoms with Crippen LogP contribution in [0.25, 0.3) is 11.1 Å². The second kappa shape index (κ2) is 11.4. The molecule has 188 valence electrons. The number of fused-ring (bicyclic) bond motifs is 3. The van der Waals surface area contributed by atoms with Crippen molar-refractivity contribution < 1.29 is 29.0 Å². The molecule has 0 aliphatic heterocycles. The van der Waals surface area contributed by atoms with Crippen LogP contribution in [0.4, 0.5) is 4.79 Å². The van der Waals surface area contributed by atoms with Crippen molar-refractivity contribution in [2.75, 3.05) is 20.3 Å². The van der Waals surface area contributed by atoms with Gasteiger partial charge in [0.15, 0.2) is 0 Å². The molecule has 0 saturated heterocycles. The van der Waals surface area contributed by atoms with Crippen LogP contribution in [0.5, 0.6) is 0 Å². The summed E-state index contributed by atoms with van der Waals surface area (Å²) >= 11 is 0. The Morgan fingerprint density at radius 2 is 1.60 bits per heavy atom. The standard InChI is InChI=1S/C27H34N2O6/c1-5-17(24(30)29-23(25(31)32)14-27(2,3)34-4)15-28-26(33)35-16-22-20-12-8-6-10-18(20)19-11-7-9-13-21(19)22/h6-13,17,22-23H,5,14-16H2,1-4H3,(H,28,33)(H,29,30)(H,31,32). The van der Waals surface area contributed by atoms with Crippen LogP contribution in [0.15, 0.2) is 48.5 Å². The van der Waals surface area contributed by atoms with Gasteiger partial charge in [-0.15, -0.1) is 0 Å². The van der Waals surface area contributed by atoms with Crippen molar-refractivity contribution in [3.05, 3.63) is 59.7 Å². The lowest BCUT2D eigenvalue weighted by molar-refractivity contribution is -0.144. The largest absolute Gasteiger partial charge is 0.480 e. The van der Waals surface area contributed by atoms with Gasteiger partial charge in [-0.1, -0.05) is 55.5 Å². The van der Waals surface area contributed by atoms with E-state index in [4.69, 9.17) is 9.47 Å². The lowest BCUT2D eigenvalue weighted by Crippen LogP contribution is -2.49. The fourth-order valence-corrected chi connectivity index (χ4v) is 4.34. The van der Waals surface area contributed by atoms with Crippen molar-refractivity contribution >= 4 is 18.0 Å². The first kappa shape index (κ1) is 26.2. The molecule has 0 radical (unpaired) electrons. The zero-order chi connectivity index (χ0) is 25.6. The van der Waals surface area contributed by atoms with Crippen molar-refractivity contribution in [1.29, 1.82) is 0 Å². The number of nitrogens with one attached hydrogen (secondary N) is 2. The molecule has 8 nitrogen and oxygen atoms in total. The van der Waals surface area contributed by atoms with Crippen molar-refractivity contribution in [2.24, 2.45) is 5.92 Å². The number of alkyl carbamates (subject to hydrolysis) is 1. The van der Waals surface area contributed by atoms with E-state index in [2.05, 4.69) is 22.8 Å². The molecule has 0 saturated carbocycles. The number of rotatable bonds is 11. The Kier molecular flexibility index (Phi) is 8.51. The third kappa shape index (κ3) is 6.39. The van der Waals surface area contributed by atoms with Gasteiger partial charge >= 0.3 is 12.1 Å². The molecule has 0 bridgehead atoms. The molecular formula is C27H34N2O6. The van der Waals surface area contributed by atoms with Crippen LogP contribution in [-0.4, -0.2) is 55.0 Å². The van der Waals surface area contributed by atoms with E-state index in [1.807, 2.05) is 36.4 Å². The van der Waals surface area contributed by atoms with Gasteiger partial charge in [-0.2, -0.15) is 0 Å². The van der Waals surface area contributed by atoms with Crippen molar-refractivity contribution in [3.8, 4) is 11.1 Å². The van der Waals surface area contributed by atoms with Crippen molar-refractivity contribution in [3.63, 3.8) is 0 Å². The van der Waals surface area contributed by atoms with Crippen LogP contribution in [0.3, 0.4) is 0 Å². The van der Waals surface area contributed by atoms with Gasteiger partial charge in [0.1, 0.15) is 12.6 Å². The van der Waals surface area contributed by atoms with Crippen LogP contribution in [0.2, 0.25) is 0 Å². The molecule has 3 rings (SSSR count). The fraction of sp³-hybridized carbons (Fsp3) is 0.444. The Morgan fingerprint density at radius 3 is 2.11 bits per heavy atom. The van der Waals surface area contributed by atoms with E-state index in [1.54, 1.807) is 20.8 Å². The van der Waals surface area contributed by atoms with Gasteiger partial charge in [-0.3, -0.25) is 4.79 Å². The predicted octanol–water partition coefficient (Wildman–Crippen LogP) is 3.94. The first-order valence-electron chi connectivity index (χ1n) is 11.8. The summed E-state index contributed by atoms with van der Waals surface area (Å²) in [4.78, 5) is 36.8. The highest BCUT2D eigenvalue weighted by Crippen LogP contribution is 2.44. The van der Waals surface area contributed by atoms with Crippen molar-refractivity contribution in [2.45, 2.75) is 51.2 Å². The number of carboxylic acids is 1. The normalized spacial score (nSPS) is 14.4. The minimum absolute atomic E-state index is 0.0407. The fourth-order valence-electron chi connectivity index (χ4n) is 4.34. The highest BCUT2D eigenvalue weighted by molar-refractivity contribution is 5.85. The minimum atomic E-state index is -1.14. The van der Waals surface area contributed by atoms with E-state index in [1.165, 1.54) is 7.11 Å². The number of carbonyl (C=O) groups is 3. The molecular weight excluding hydrogens is 448 g/mol. The number of methoxy groups -OCH3 is 1. The van der Waals surface area contributed by atoms with Gasteiger partial charge in [0.2, 0.25) is 5.91 Å². The summed E-state index contributed by atoms with van der Waals surface area (Å²) < 4.78 is 10.8. The van der Waals surface area contributed by atoms with Gasteiger partial charge < -0.3 is 25.2 Å². The maximum Gasteiger partial charge on any atom is 0.407 e. The molecule has 0 fully saturated rings. The Morgan fingerprint density at radius 1 is 1.03 bits per heavy atom. The lowest BCUT2D eigenvalue weighted by Gasteiger charge is -2.28. The number of benzene rings is 2. The minimum Gasteiger partial charge on any atom is -0.480 e. The number of hydrogen-bond donors (Lipinski definition) is 3. The molecule has 2 unspecified atom stereocenters. The highest BCUT2D eigenvalue weighted by atomic mass is 16.5. The molecule has 2 aromatic carbocycles. The molecule has 35 heavy (non-hydrogen) atoms. The van der Waals surface area contributed by atoms with E-state index >= 15 is 0 Å².